The number of hydrogen-bond donors (Lipinski definition) is 1. The first-order valence-electron chi connectivity index (χ1n) is 5.62. The molecule has 1 aromatic carbocycles. The smallest absolute Gasteiger partial charge is 0.246 e. The summed E-state index contributed by atoms with van der Waals surface area (Å²) in [6.07, 6.45) is 1.86. The minimum Gasteiger partial charge on any atom is -0.273 e. The maximum atomic E-state index is 11.6. The van der Waals surface area contributed by atoms with Gasteiger partial charge in [0.05, 0.1) is 23.3 Å². The third-order valence-corrected chi connectivity index (χ3v) is 3.63. The van der Waals surface area contributed by atoms with Crippen molar-refractivity contribution in [2.45, 2.75) is 13.3 Å². The van der Waals surface area contributed by atoms with Gasteiger partial charge in [0.15, 0.2) is 0 Å². The van der Waals surface area contributed by atoms with Crippen LogP contribution in [0.3, 0.4) is 0 Å². The van der Waals surface area contributed by atoms with Gasteiger partial charge in [-0.3, -0.25) is 4.79 Å². The van der Waals surface area contributed by atoms with Crippen molar-refractivity contribution < 1.29 is 4.79 Å². The first-order valence-corrected chi connectivity index (χ1v) is 7.29. The van der Waals surface area contributed by atoms with Crippen LogP contribution in [-0.4, -0.2) is 17.1 Å². The zero-order valence-corrected chi connectivity index (χ0v) is 12.7. The minimum absolute atomic E-state index is 0.168. The Balaban J connectivity index is 1.84. The zero-order chi connectivity index (χ0) is 13.7. The quantitative estimate of drug-likeness (QED) is 0.688. The monoisotopic (exact) mass is 337 g/mol. The third-order valence-electron chi connectivity index (χ3n) is 2.28. The fraction of sp³-hybridized carbons (Fsp3) is 0.154. The van der Waals surface area contributed by atoms with Gasteiger partial charge in [-0.2, -0.15) is 5.10 Å². The van der Waals surface area contributed by atoms with Crippen molar-refractivity contribution in [2.24, 2.45) is 5.10 Å². The summed E-state index contributed by atoms with van der Waals surface area (Å²) in [5.74, 6) is -0.168. The predicted molar refractivity (Wildman–Crippen MR) is 80.4 cm³/mol. The van der Waals surface area contributed by atoms with Crippen molar-refractivity contribution >= 4 is 39.4 Å². The average Bonchev–Trinajstić information content (AvgIpc) is 2.77. The van der Waals surface area contributed by atoms with Crippen LogP contribution in [0, 0.1) is 6.92 Å². The molecule has 98 valence electrons. The van der Waals surface area contributed by atoms with E-state index in [1.165, 1.54) is 11.3 Å². The van der Waals surface area contributed by atoms with E-state index in [9.17, 15) is 4.79 Å². The number of carbonyl (C=O) groups is 1. The van der Waals surface area contributed by atoms with Crippen LogP contribution < -0.4 is 5.43 Å². The van der Waals surface area contributed by atoms with Gasteiger partial charge < -0.3 is 0 Å². The molecular weight excluding hydrogens is 326 g/mol. The summed E-state index contributed by atoms with van der Waals surface area (Å²) in [7, 11) is 0. The van der Waals surface area contributed by atoms with E-state index in [2.05, 4.69) is 31.4 Å². The molecule has 6 heteroatoms. The number of nitrogens with zero attached hydrogens (tertiary/aromatic N) is 2. The molecule has 19 heavy (non-hydrogen) atoms. The Labute approximate surface area is 123 Å². The van der Waals surface area contributed by atoms with E-state index in [-0.39, 0.29) is 12.3 Å². The molecule has 1 N–H and O–H groups in total. The fourth-order valence-electron chi connectivity index (χ4n) is 1.42. The second-order valence-electron chi connectivity index (χ2n) is 3.88. The minimum atomic E-state index is -0.168. The molecule has 2 aromatic rings. The van der Waals surface area contributed by atoms with Crippen molar-refractivity contribution in [3.8, 4) is 0 Å². The van der Waals surface area contributed by atoms with Crippen molar-refractivity contribution in [1.82, 2.24) is 10.4 Å². The number of rotatable bonds is 4. The summed E-state index contributed by atoms with van der Waals surface area (Å²) >= 11 is 4.89. The first-order chi connectivity index (χ1) is 9.13. The van der Waals surface area contributed by atoms with Crippen LogP contribution in [0.5, 0.6) is 0 Å². The number of halogens is 1. The molecule has 1 heterocycles. The number of hydrazone groups is 1. The van der Waals surface area contributed by atoms with Gasteiger partial charge in [0.1, 0.15) is 0 Å². The lowest BCUT2D eigenvalue weighted by molar-refractivity contribution is -0.120. The second-order valence-corrected chi connectivity index (χ2v) is 5.86. The first kappa shape index (κ1) is 13.9. The summed E-state index contributed by atoms with van der Waals surface area (Å²) in [6.45, 7) is 1.91. The number of thiazole rings is 1. The molecule has 0 radical (unpaired) electrons. The molecule has 0 saturated heterocycles. The van der Waals surface area contributed by atoms with Crippen LogP contribution in [0.1, 0.15) is 16.3 Å². The zero-order valence-electron chi connectivity index (χ0n) is 10.3. The molecule has 0 fully saturated rings. The van der Waals surface area contributed by atoms with Crippen LogP contribution in [-0.2, 0) is 11.2 Å². The standard InChI is InChI=1S/C13H12BrN3OS/c1-9-16-12(8-19-9)6-13(18)17-15-7-10-2-4-11(14)5-3-10/h2-5,7-8H,6H2,1H3,(H,17,18)/b15-7-. The maximum Gasteiger partial charge on any atom is 0.246 e. The number of hydrogen-bond acceptors (Lipinski definition) is 4. The summed E-state index contributed by atoms with van der Waals surface area (Å²) < 4.78 is 1.01. The number of benzene rings is 1. The van der Waals surface area contributed by atoms with Gasteiger partial charge in [0, 0.05) is 9.85 Å². The highest BCUT2D eigenvalue weighted by Crippen LogP contribution is 2.09. The molecule has 0 spiro atoms. The van der Waals surface area contributed by atoms with Gasteiger partial charge in [-0.25, -0.2) is 10.4 Å². The van der Waals surface area contributed by atoms with Crippen LogP contribution in [0.2, 0.25) is 0 Å². The van der Waals surface area contributed by atoms with Crippen molar-refractivity contribution in [2.75, 3.05) is 0 Å². The summed E-state index contributed by atoms with van der Waals surface area (Å²) in [6, 6.07) is 7.65. The lowest BCUT2D eigenvalue weighted by Crippen LogP contribution is -2.19. The van der Waals surface area contributed by atoms with E-state index < -0.39 is 0 Å². The molecule has 1 aromatic heterocycles. The Kier molecular flexibility index (Phi) is 4.81. The van der Waals surface area contributed by atoms with E-state index in [0.717, 1.165) is 20.7 Å². The topological polar surface area (TPSA) is 54.4 Å². The fourth-order valence-corrected chi connectivity index (χ4v) is 2.30. The van der Waals surface area contributed by atoms with Crippen LogP contribution in [0.4, 0.5) is 0 Å². The van der Waals surface area contributed by atoms with Gasteiger partial charge in [0.2, 0.25) is 5.91 Å². The third kappa shape index (κ3) is 4.57. The highest BCUT2D eigenvalue weighted by molar-refractivity contribution is 9.10. The molecule has 2 rings (SSSR count). The maximum absolute atomic E-state index is 11.6. The van der Waals surface area contributed by atoms with Gasteiger partial charge >= 0.3 is 0 Å². The normalized spacial score (nSPS) is 10.8. The Morgan fingerprint density at radius 1 is 1.47 bits per heavy atom. The Bertz CT molecular complexity index is 592. The second kappa shape index (κ2) is 6.58. The predicted octanol–water partition coefficient (Wildman–Crippen LogP) is 2.91. The SMILES string of the molecule is Cc1nc(CC(=O)N/N=C\c2ccc(Br)cc2)cs1. The highest BCUT2D eigenvalue weighted by Gasteiger charge is 2.04. The van der Waals surface area contributed by atoms with Crippen molar-refractivity contribution in [3.05, 3.63) is 50.4 Å². The van der Waals surface area contributed by atoms with Crippen molar-refractivity contribution in [3.63, 3.8) is 0 Å². The van der Waals surface area contributed by atoms with Crippen molar-refractivity contribution in [1.29, 1.82) is 0 Å². The largest absolute Gasteiger partial charge is 0.273 e. The summed E-state index contributed by atoms with van der Waals surface area (Å²) in [4.78, 5) is 15.8. The van der Waals surface area contributed by atoms with E-state index in [1.807, 2.05) is 36.6 Å². The molecule has 0 aliphatic carbocycles. The molecule has 0 atom stereocenters. The number of amides is 1. The van der Waals surface area contributed by atoms with E-state index in [4.69, 9.17) is 0 Å². The number of aromatic nitrogens is 1. The highest BCUT2D eigenvalue weighted by atomic mass is 79.9. The number of carbonyl (C=O) groups excluding carboxylic acids is 1. The molecule has 0 aliphatic heterocycles. The Morgan fingerprint density at radius 2 is 2.21 bits per heavy atom. The van der Waals surface area contributed by atoms with Crippen LogP contribution in [0.25, 0.3) is 0 Å². The molecule has 0 saturated carbocycles. The van der Waals surface area contributed by atoms with Gasteiger partial charge in [-0.15, -0.1) is 11.3 Å². The van der Waals surface area contributed by atoms with E-state index in [1.54, 1.807) is 6.21 Å². The average molecular weight is 338 g/mol. The summed E-state index contributed by atoms with van der Waals surface area (Å²) in [5.41, 5.74) is 4.19. The van der Waals surface area contributed by atoms with Crippen LogP contribution >= 0.6 is 27.3 Å². The lowest BCUT2D eigenvalue weighted by Gasteiger charge is -1.97. The van der Waals surface area contributed by atoms with Gasteiger partial charge in [-0.1, -0.05) is 28.1 Å². The van der Waals surface area contributed by atoms with Crippen LogP contribution in [0.15, 0.2) is 39.2 Å². The molecule has 4 nitrogen and oxygen atoms in total. The number of aryl methyl sites for hydroxylation is 1. The van der Waals surface area contributed by atoms with Gasteiger partial charge in [-0.05, 0) is 24.6 Å². The molecule has 0 aliphatic rings. The lowest BCUT2D eigenvalue weighted by atomic mass is 10.2. The van der Waals surface area contributed by atoms with E-state index >= 15 is 0 Å². The van der Waals surface area contributed by atoms with Gasteiger partial charge in [0.25, 0.3) is 0 Å². The molecular formula is C13H12BrN3OS. The molecule has 0 unspecified atom stereocenters. The van der Waals surface area contributed by atoms with E-state index in [0.29, 0.717) is 0 Å². The summed E-state index contributed by atoms with van der Waals surface area (Å²) in [5, 5.41) is 6.75. The number of nitrogens with one attached hydrogen (secondary N) is 1. The molecule has 1 amide bonds. The Hall–Kier alpha value is -1.53. The molecule has 0 bridgehead atoms. The Morgan fingerprint density at radius 3 is 2.84 bits per heavy atom.